The van der Waals surface area contributed by atoms with E-state index < -0.39 is 0 Å². The Labute approximate surface area is 110 Å². The molecule has 0 amide bonds. The average Bonchev–Trinajstić information content (AvgIpc) is 1.99. The summed E-state index contributed by atoms with van der Waals surface area (Å²) in [5, 5.41) is 0. The van der Waals surface area contributed by atoms with Gasteiger partial charge in [0.05, 0.1) is 8.65 Å². The largest absolute Gasteiger partial charge is 0.296 e. The van der Waals surface area contributed by atoms with E-state index in [1.54, 1.807) is 0 Å². The summed E-state index contributed by atoms with van der Waals surface area (Å²) in [5.41, 5.74) is -0.0702. The van der Waals surface area contributed by atoms with Crippen molar-refractivity contribution >= 4 is 37.6 Å². The van der Waals surface area contributed by atoms with Crippen LogP contribution in [0, 0.1) is 10.8 Å². The van der Waals surface area contributed by atoms with Gasteiger partial charge < -0.3 is 0 Å². The van der Waals surface area contributed by atoms with E-state index in [0.29, 0.717) is 0 Å². The second-order valence-corrected chi connectivity index (χ2v) is 9.32. The smallest absolute Gasteiger partial charge is 0.167 e. The minimum absolute atomic E-state index is 0.0351. The molecule has 88 valence electrons. The molecule has 15 heavy (non-hydrogen) atoms. The van der Waals surface area contributed by atoms with E-state index >= 15 is 0 Å². The zero-order valence-electron chi connectivity index (χ0n) is 10.4. The monoisotopic (exact) mass is 338 g/mol. The molecular weight excluding hydrogens is 320 g/mol. The van der Waals surface area contributed by atoms with Crippen molar-refractivity contribution in [1.29, 1.82) is 0 Å². The third-order valence-electron chi connectivity index (χ3n) is 3.58. The lowest BCUT2D eigenvalue weighted by molar-refractivity contribution is -0.138. The molecule has 0 aromatic carbocycles. The summed E-state index contributed by atoms with van der Waals surface area (Å²) in [6.07, 6.45) is 0.853. The summed E-state index contributed by atoms with van der Waals surface area (Å²) in [6, 6.07) is 0. The molecule has 1 aliphatic carbocycles. The van der Waals surface area contributed by atoms with Gasteiger partial charge >= 0.3 is 0 Å². The van der Waals surface area contributed by atoms with Crippen LogP contribution in [0.4, 0.5) is 0 Å². The standard InChI is InChI=1S/C12H20Br2O/c1-9(2,3)11(13)7-12(14,8(11)15)10(4,5)6/h7H2,1-6H3. The Morgan fingerprint density at radius 2 is 1.20 bits per heavy atom. The molecule has 1 rings (SSSR count). The van der Waals surface area contributed by atoms with Crippen LogP contribution in [0.2, 0.25) is 0 Å². The van der Waals surface area contributed by atoms with Gasteiger partial charge in [0.15, 0.2) is 5.78 Å². The summed E-state index contributed by atoms with van der Waals surface area (Å²) < 4.78 is -0.729. The van der Waals surface area contributed by atoms with Crippen molar-refractivity contribution in [1.82, 2.24) is 0 Å². The van der Waals surface area contributed by atoms with Crippen LogP contribution < -0.4 is 0 Å². The number of alkyl halides is 2. The Hall–Kier alpha value is 0.630. The second kappa shape index (κ2) is 3.32. The van der Waals surface area contributed by atoms with E-state index in [1.807, 2.05) is 0 Å². The van der Waals surface area contributed by atoms with Gasteiger partial charge in [-0.05, 0) is 17.3 Å². The van der Waals surface area contributed by atoms with Gasteiger partial charge in [0.1, 0.15) is 0 Å². The number of rotatable bonds is 0. The number of carbonyl (C=O) groups is 1. The zero-order valence-corrected chi connectivity index (χ0v) is 13.5. The number of carbonyl (C=O) groups excluding carboxylic acids is 1. The van der Waals surface area contributed by atoms with Crippen molar-refractivity contribution in [2.75, 3.05) is 0 Å². The highest BCUT2D eigenvalue weighted by Gasteiger charge is 2.69. The first-order chi connectivity index (χ1) is 6.36. The maximum atomic E-state index is 12.4. The molecule has 0 bridgehead atoms. The van der Waals surface area contributed by atoms with Crippen molar-refractivity contribution in [2.45, 2.75) is 56.6 Å². The maximum Gasteiger partial charge on any atom is 0.167 e. The van der Waals surface area contributed by atoms with Gasteiger partial charge in [-0.1, -0.05) is 73.4 Å². The van der Waals surface area contributed by atoms with Crippen molar-refractivity contribution in [3.8, 4) is 0 Å². The van der Waals surface area contributed by atoms with Crippen molar-refractivity contribution in [3.05, 3.63) is 0 Å². The predicted molar refractivity (Wildman–Crippen MR) is 71.9 cm³/mol. The van der Waals surface area contributed by atoms with E-state index in [0.717, 1.165) is 6.42 Å². The van der Waals surface area contributed by atoms with Gasteiger partial charge in [0.25, 0.3) is 0 Å². The molecule has 0 saturated heterocycles. The first kappa shape index (κ1) is 13.7. The molecule has 0 aliphatic heterocycles. The molecule has 0 N–H and O–H groups in total. The second-order valence-electron chi connectivity index (χ2n) is 6.61. The summed E-state index contributed by atoms with van der Waals surface area (Å²) >= 11 is 7.28. The Balaban J connectivity index is 3.02. The molecule has 0 spiro atoms. The van der Waals surface area contributed by atoms with Crippen molar-refractivity contribution in [2.24, 2.45) is 10.8 Å². The molecule has 1 aliphatic rings. The van der Waals surface area contributed by atoms with Gasteiger partial charge in [-0.15, -0.1) is 0 Å². The number of ketones is 1. The Bertz CT molecular complexity index is 270. The number of hydrogen-bond donors (Lipinski definition) is 0. The number of halogens is 2. The highest BCUT2D eigenvalue weighted by atomic mass is 79.9. The van der Waals surface area contributed by atoms with E-state index in [-0.39, 0.29) is 25.3 Å². The van der Waals surface area contributed by atoms with Crippen molar-refractivity contribution in [3.63, 3.8) is 0 Å². The van der Waals surface area contributed by atoms with E-state index in [4.69, 9.17) is 0 Å². The van der Waals surface area contributed by atoms with Crippen LogP contribution >= 0.6 is 31.9 Å². The Morgan fingerprint density at radius 3 is 1.33 bits per heavy atom. The third kappa shape index (κ3) is 1.74. The highest BCUT2D eigenvalue weighted by Crippen LogP contribution is 2.63. The molecular formula is C12H20Br2O. The molecule has 1 saturated carbocycles. The first-order valence-corrected chi connectivity index (χ1v) is 6.88. The molecule has 1 nitrogen and oxygen atoms in total. The van der Waals surface area contributed by atoms with Crippen LogP contribution in [0.1, 0.15) is 48.0 Å². The molecule has 2 unspecified atom stereocenters. The molecule has 0 aromatic heterocycles. The zero-order chi connectivity index (χ0) is 12.3. The van der Waals surface area contributed by atoms with Gasteiger partial charge in [-0.25, -0.2) is 0 Å². The summed E-state index contributed by atoms with van der Waals surface area (Å²) in [6.45, 7) is 12.6. The van der Waals surface area contributed by atoms with E-state index in [2.05, 4.69) is 73.4 Å². The third-order valence-corrected chi connectivity index (χ3v) is 7.24. The number of Topliss-reactive ketones (excluding diaryl/α,β-unsaturated/α-hetero) is 1. The lowest BCUT2D eigenvalue weighted by Gasteiger charge is -2.59. The molecule has 0 heterocycles. The van der Waals surface area contributed by atoms with Gasteiger partial charge in [-0.2, -0.15) is 0 Å². The summed E-state index contributed by atoms with van der Waals surface area (Å²) in [4.78, 5) is 12.4. The van der Waals surface area contributed by atoms with Crippen LogP contribution in [-0.4, -0.2) is 14.4 Å². The molecule has 2 atom stereocenters. The van der Waals surface area contributed by atoms with Gasteiger partial charge in [0, 0.05) is 0 Å². The summed E-state index contributed by atoms with van der Waals surface area (Å²) in [7, 11) is 0. The van der Waals surface area contributed by atoms with Crippen LogP contribution in [0.5, 0.6) is 0 Å². The van der Waals surface area contributed by atoms with Crippen LogP contribution in [-0.2, 0) is 4.79 Å². The quantitative estimate of drug-likeness (QED) is 0.601. The molecule has 1 fully saturated rings. The van der Waals surface area contributed by atoms with E-state index in [9.17, 15) is 4.79 Å². The molecule has 3 heteroatoms. The fourth-order valence-electron chi connectivity index (χ4n) is 1.92. The lowest BCUT2D eigenvalue weighted by atomic mass is 9.55. The van der Waals surface area contributed by atoms with Crippen LogP contribution in [0.25, 0.3) is 0 Å². The normalized spacial score (nSPS) is 37.7. The lowest BCUT2D eigenvalue weighted by Crippen LogP contribution is -2.70. The van der Waals surface area contributed by atoms with Gasteiger partial charge in [0.2, 0.25) is 0 Å². The SMILES string of the molecule is CC(C)(C)C1(Br)CC(Br)(C(C)(C)C)C1=O. The van der Waals surface area contributed by atoms with Crippen LogP contribution in [0.3, 0.4) is 0 Å². The van der Waals surface area contributed by atoms with Gasteiger partial charge in [-0.3, -0.25) is 4.79 Å². The summed E-state index contributed by atoms with van der Waals surface area (Å²) in [5.74, 6) is 0.287. The molecule has 0 aromatic rings. The Kier molecular flexibility index (Phi) is 3.03. The maximum absolute atomic E-state index is 12.4. The average molecular weight is 340 g/mol. The Morgan fingerprint density at radius 1 is 0.933 bits per heavy atom. The van der Waals surface area contributed by atoms with E-state index in [1.165, 1.54) is 0 Å². The fraction of sp³-hybridized carbons (Fsp3) is 0.917. The first-order valence-electron chi connectivity index (χ1n) is 5.29. The fourth-order valence-corrected chi connectivity index (χ4v) is 4.08. The predicted octanol–water partition coefficient (Wildman–Crippen LogP) is 4.32. The number of hydrogen-bond acceptors (Lipinski definition) is 1. The topological polar surface area (TPSA) is 17.1 Å². The minimum atomic E-state index is -0.364. The highest BCUT2D eigenvalue weighted by molar-refractivity contribution is 9.11. The van der Waals surface area contributed by atoms with Crippen molar-refractivity contribution < 1.29 is 4.79 Å². The molecule has 0 radical (unpaired) electrons. The van der Waals surface area contributed by atoms with Crippen LogP contribution in [0.15, 0.2) is 0 Å². The minimum Gasteiger partial charge on any atom is -0.296 e.